The van der Waals surface area contributed by atoms with Crippen molar-refractivity contribution in [1.29, 1.82) is 0 Å². The normalized spacial score (nSPS) is 9.92. The van der Waals surface area contributed by atoms with Crippen molar-refractivity contribution >= 4 is 17.8 Å². The molecule has 25 heavy (non-hydrogen) atoms. The minimum atomic E-state index is -0.728. The standard InChI is InChI=1S/C18H18N2O5/c19-18(23)14-8-4-5-9-15(14)24-12-17(22)25-11-16(21)20-10-13-6-2-1-3-7-13/h1-9H,10-12H2,(H2,19,23)(H,20,21). The summed E-state index contributed by atoms with van der Waals surface area (Å²) in [4.78, 5) is 34.5. The second kappa shape index (κ2) is 9.07. The number of ether oxygens (including phenoxy) is 2. The number of benzene rings is 2. The molecule has 0 aliphatic rings. The van der Waals surface area contributed by atoms with Gasteiger partial charge in [-0.15, -0.1) is 0 Å². The summed E-state index contributed by atoms with van der Waals surface area (Å²) in [6.45, 7) is -0.498. The van der Waals surface area contributed by atoms with Crippen LogP contribution in [0.15, 0.2) is 54.6 Å². The van der Waals surface area contributed by atoms with Crippen LogP contribution < -0.4 is 15.8 Å². The van der Waals surface area contributed by atoms with Crippen LogP contribution in [0.25, 0.3) is 0 Å². The van der Waals surface area contributed by atoms with Gasteiger partial charge in [-0.05, 0) is 17.7 Å². The fraction of sp³-hybridized carbons (Fsp3) is 0.167. The van der Waals surface area contributed by atoms with Gasteiger partial charge in [0.05, 0.1) is 5.56 Å². The van der Waals surface area contributed by atoms with Crippen LogP contribution in [0.1, 0.15) is 15.9 Å². The van der Waals surface area contributed by atoms with Gasteiger partial charge < -0.3 is 20.5 Å². The molecule has 7 nitrogen and oxygen atoms in total. The van der Waals surface area contributed by atoms with E-state index in [-0.39, 0.29) is 11.3 Å². The van der Waals surface area contributed by atoms with Gasteiger partial charge in [-0.1, -0.05) is 42.5 Å². The van der Waals surface area contributed by atoms with Crippen molar-refractivity contribution in [3.8, 4) is 5.75 Å². The predicted molar refractivity (Wildman–Crippen MR) is 89.7 cm³/mol. The average Bonchev–Trinajstić information content (AvgIpc) is 2.64. The Balaban J connectivity index is 1.72. The molecule has 0 spiro atoms. The van der Waals surface area contributed by atoms with Gasteiger partial charge in [0, 0.05) is 6.54 Å². The summed E-state index contributed by atoms with van der Waals surface area (Å²) >= 11 is 0. The van der Waals surface area contributed by atoms with Crippen LogP contribution in [0.5, 0.6) is 5.75 Å². The molecule has 0 aliphatic carbocycles. The fourth-order valence-corrected chi connectivity index (χ4v) is 1.97. The minimum Gasteiger partial charge on any atom is -0.481 e. The molecule has 130 valence electrons. The van der Waals surface area contributed by atoms with Gasteiger partial charge in [-0.2, -0.15) is 0 Å². The molecule has 2 amide bonds. The summed E-state index contributed by atoms with van der Waals surface area (Å²) in [6, 6.07) is 15.6. The average molecular weight is 342 g/mol. The number of nitrogens with two attached hydrogens (primary N) is 1. The van der Waals surface area contributed by atoms with Gasteiger partial charge in [-0.25, -0.2) is 4.79 Å². The zero-order valence-corrected chi connectivity index (χ0v) is 13.4. The summed E-state index contributed by atoms with van der Waals surface area (Å²) in [5.74, 6) is -1.63. The number of amides is 2. The van der Waals surface area contributed by atoms with Crippen LogP contribution in [0, 0.1) is 0 Å². The number of carbonyl (C=O) groups is 3. The first-order valence-corrected chi connectivity index (χ1v) is 7.54. The summed E-state index contributed by atoms with van der Waals surface area (Å²) < 4.78 is 10.0. The number of hydrogen-bond acceptors (Lipinski definition) is 5. The van der Waals surface area contributed by atoms with Crippen LogP contribution in [0.2, 0.25) is 0 Å². The smallest absolute Gasteiger partial charge is 0.344 e. The molecule has 0 aromatic heterocycles. The van der Waals surface area contributed by atoms with Crippen molar-refractivity contribution in [2.45, 2.75) is 6.54 Å². The lowest BCUT2D eigenvalue weighted by Gasteiger charge is -2.09. The van der Waals surface area contributed by atoms with Crippen molar-refractivity contribution in [3.63, 3.8) is 0 Å². The van der Waals surface area contributed by atoms with Gasteiger partial charge in [0.2, 0.25) is 0 Å². The molecule has 0 heterocycles. The lowest BCUT2D eigenvalue weighted by Crippen LogP contribution is -2.29. The van der Waals surface area contributed by atoms with Crippen LogP contribution in [-0.4, -0.2) is 31.0 Å². The molecule has 0 saturated heterocycles. The Kier molecular flexibility index (Phi) is 6.53. The number of para-hydroxylation sites is 1. The Hall–Kier alpha value is -3.35. The van der Waals surface area contributed by atoms with Crippen molar-refractivity contribution < 1.29 is 23.9 Å². The Morgan fingerprint density at radius 2 is 1.60 bits per heavy atom. The second-order valence-corrected chi connectivity index (χ2v) is 5.07. The molecule has 2 aromatic carbocycles. The highest BCUT2D eigenvalue weighted by molar-refractivity contribution is 5.95. The first kappa shape index (κ1) is 18.0. The van der Waals surface area contributed by atoms with Crippen molar-refractivity contribution in [3.05, 3.63) is 65.7 Å². The Morgan fingerprint density at radius 3 is 2.32 bits per heavy atom. The highest BCUT2D eigenvalue weighted by Gasteiger charge is 2.12. The molecule has 7 heteroatoms. The number of rotatable bonds is 8. The molecule has 0 atom stereocenters. The summed E-state index contributed by atoms with van der Waals surface area (Å²) in [5.41, 5.74) is 6.31. The largest absolute Gasteiger partial charge is 0.481 e. The second-order valence-electron chi connectivity index (χ2n) is 5.07. The van der Waals surface area contributed by atoms with Gasteiger partial charge in [0.25, 0.3) is 11.8 Å². The van der Waals surface area contributed by atoms with E-state index in [2.05, 4.69) is 5.32 Å². The Bertz CT molecular complexity index is 746. The van der Waals surface area contributed by atoms with Crippen LogP contribution in [0.4, 0.5) is 0 Å². The van der Waals surface area contributed by atoms with E-state index in [0.717, 1.165) is 5.56 Å². The molecule has 0 fully saturated rings. The van der Waals surface area contributed by atoms with Crippen LogP contribution in [0.3, 0.4) is 0 Å². The lowest BCUT2D eigenvalue weighted by atomic mass is 10.2. The first-order chi connectivity index (χ1) is 12.1. The van der Waals surface area contributed by atoms with Gasteiger partial charge in [-0.3, -0.25) is 9.59 Å². The number of esters is 1. The van der Waals surface area contributed by atoms with Crippen molar-refractivity contribution in [1.82, 2.24) is 5.32 Å². The third-order valence-corrected chi connectivity index (χ3v) is 3.19. The monoisotopic (exact) mass is 342 g/mol. The molecule has 0 aliphatic heterocycles. The first-order valence-electron chi connectivity index (χ1n) is 7.54. The molecule has 0 bridgehead atoms. The van der Waals surface area contributed by atoms with E-state index in [0.29, 0.717) is 6.54 Å². The van der Waals surface area contributed by atoms with E-state index in [1.54, 1.807) is 12.1 Å². The van der Waals surface area contributed by atoms with E-state index >= 15 is 0 Å². The summed E-state index contributed by atoms with van der Waals surface area (Å²) in [7, 11) is 0. The molecule has 0 unspecified atom stereocenters. The maximum atomic E-state index is 11.6. The molecule has 2 aromatic rings. The van der Waals surface area contributed by atoms with Crippen molar-refractivity contribution in [2.24, 2.45) is 5.73 Å². The van der Waals surface area contributed by atoms with E-state index in [4.69, 9.17) is 15.2 Å². The highest BCUT2D eigenvalue weighted by atomic mass is 16.6. The quantitative estimate of drug-likeness (QED) is 0.697. The SMILES string of the molecule is NC(=O)c1ccccc1OCC(=O)OCC(=O)NCc1ccccc1. The third-order valence-electron chi connectivity index (χ3n) is 3.19. The van der Waals surface area contributed by atoms with E-state index in [1.807, 2.05) is 30.3 Å². The molecular weight excluding hydrogens is 324 g/mol. The topological polar surface area (TPSA) is 108 Å². The molecule has 0 radical (unpaired) electrons. The van der Waals surface area contributed by atoms with Gasteiger partial charge in [0.15, 0.2) is 13.2 Å². The lowest BCUT2D eigenvalue weighted by molar-refractivity contribution is -0.150. The Labute approximate surface area is 144 Å². The highest BCUT2D eigenvalue weighted by Crippen LogP contribution is 2.16. The summed E-state index contributed by atoms with van der Waals surface area (Å²) in [6.07, 6.45) is 0. The predicted octanol–water partition coefficient (Wildman–Crippen LogP) is 1.02. The van der Waals surface area contributed by atoms with Crippen LogP contribution >= 0.6 is 0 Å². The van der Waals surface area contributed by atoms with E-state index in [1.165, 1.54) is 12.1 Å². The number of nitrogens with one attached hydrogen (secondary N) is 1. The zero-order chi connectivity index (χ0) is 18.1. The third kappa shape index (κ3) is 5.98. The minimum absolute atomic E-state index is 0.163. The maximum absolute atomic E-state index is 11.6. The van der Waals surface area contributed by atoms with Crippen LogP contribution in [-0.2, 0) is 20.9 Å². The number of primary amides is 1. The molecule has 3 N–H and O–H groups in total. The molecule has 0 saturated carbocycles. The fourth-order valence-electron chi connectivity index (χ4n) is 1.97. The number of carbonyl (C=O) groups excluding carboxylic acids is 3. The maximum Gasteiger partial charge on any atom is 0.344 e. The van der Waals surface area contributed by atoms with Crippen molar-refractivity contribution in [2.75, 3.05) is 13.2 Å². The Morgan fingerprint density at radius 1 is 0.920 bits per heavy atom. The van der Waals surface area contributed by atoms with E-state index < -0.39 is 31.0 Å². The van der Waals surface area contributed by atoms with Gasteiger partial charge >= 0.3 is 5.97 Å². The molecule has 2 rings (SSSR count). The zero-order valence-electron chi connectivity index (χ0n) is 13.4. The molecular formula is C18H18N2O5. The van der Waals surface area contributed by atoms with Gasteiger partial charge in [0.1, 0.15) is 5.75 Å². The van der Waals surface area contributed by atoms with E-state index in [9.17, 15) is 14.4 Å². The number of hydrogen-bond donors (Lipinski definition) is 2. The summed E-state index contributed by atoms with van der Waals surface area (Å²) in [5, 5.41) is 2.63.